The number of likely N-dealkylation sites (tertiary alicyclic amines) is 2. The van der Waals surface area contributed by atoms with E-state index in [0.29, 0.717) is 18.8 Å². The van der Waals surface area contributed by atoms with Gasteiger partial charge < -0.3 is 4.90 Å². The molecule has 0 spiro atoms. The number of amides is 1. The minimum absolute atomic E-state index is 0.00963. The van der Waals surface area contributed by atoms with Crippen molar-refractivity contribution in [3.05, 3.63) is 0 Å². The Morgan fingerprint density at radius 1 is 1.09 bits per heavy atom. The number of carbonyl (C=O) groups is 1. The van der Waals surface area contributed by atoms with Crippen molar-refractivity contribution >= 4 is 5.91 Å². The Labute approximate surface area is 131 Å². The maximum absolute atomic E-state index is 13.4. The molecule has 0 aromatic heterocycles. The van der Waals surface area contributed by atoms with E-state index in [2.05, 4.69) is 9.80 Å². The first-order chi connectivity index (χ1) is 10.5. The summed E-state index contributed by atoms with van der Waals surface area (Å²) < 4.78 is 26.8. The van der Waals surface area contributed by atoms with Gasteiger partial charge in [0.1, 0.15) is 0 Å². The van der Waals surface area contributed by atoms with Gasteiger partial charge >= 0.3 is 0 Å². The Balaban J connectivity index is 1.44. The molecule has 22 heavy (non-hydrogen) atoms. The molecule has 2 aliphatic carbocycles. The summed E-state index contributed by atoms with van der Waals surface area (Å²) in [5.41, 5.74) is 0. The Morgan fingerprint density at radius 3 is 2.50 bits per heavy atom. The highest BCUT2D eigenvalue weighted by atomic mass is 19.3. The zero-order chi connectivity index (χ0) is 15.3. The molecule has 2 heterocycles. The van der Waals surface area contributed by atoms with E-state index in [9.17, 15) is 13.6 Å². The SMILES string of the molecule is O=C1[C@H]2C[C@H](CCN2C2CCC(F)(F)CC2)CN1CC1CC1. The van der Waals surface area contributed by atoms with E-state index in [1.165, 1.54) is 12.8 Å². The summed E-state index contributed by atoms with van der Waals surface area (Å²) in [5, 5.41) is 0. The summed E-state index contributed by atoms with van der Waals surface area (Å²) in [6, 6.07) is 0.165. The molecular formula is C17H26F2N2O. The van der Waals surface area contributed by atoms with Gasteiger partial charge in [0.2, 0.25) is 11.8 Å². The highest BCUT2D eigenvalue weighted by molar-refractivity contribution is 5.83. The first-order valence-electron chi connectivity index (χ1n) is 8.94. The summed E-state index contributed by atoms with van der Waals surface area (Å²) in [4.78, 5) is 17.2. The van der Waals surface area contributed by atoms with E-state index < -0.39 is 5.92 Å². The molecule has 2 bridgehead atoms. The van der Waals surface area contributed by atoms with Crippen molar-refractivity contribution in [1.29, 1.82) is 0 Å². The van der Waals surface area contributed by atoms with E-state index in [1.807, 2.05) is 0 Å². The summed E-state index contributed by atoms with van der Waals surface area (Å²) >= 11 is 0. The van der Waals surface area contributed by atoms with Crippen molar-refractivity contribution in [3.8, 4) is 0 Å². The van der Waals surface area contributed by atoms with E-state index in [-0.39, 0.29) is 30.8 Å². The minimum atomic E-state index is -2.48. The lowest BCUT2D eigenvalue weighted by molar-refractivity contribution is -0.149. The molecule has 2 saturated heterocycles. The van der Waals surface area contributed by atoms with E-state index >= 15 is 0 Å². The number of hydrogen-bond acceptors (Lipinski definition) is 2. The summed E-state index contributed by atoms with van der Waals surface area (Å²) in [5.74, 6) is -0.851. The highest BCUT2D eigenvalue weighted by Gasteiger charge is 2.46. The van der Waals surface area contributed by atoms with Crippen LogP contribution in [0.3, 0.4) is 0 Å². The third kappa shape index (κ3) is 2.89. The van der Waals surface area contributed by atoms with Gasteiger partial charge in [0, 0.05) is 32.0 Å². The number of fused-ring (bicyclic) bond motifs is 2. The maximum atomic E-state index is 13.4. The average molecular weight is 312 g/mol. The van der Waals surface area contributed by atoms with E-state index in [4.69, 9.17) is 0 Å². The van der Waals surface area contributed by atoms with E-state index in [1.54, 1.807) is 0 Å². The molecule has 3 nitrogen and oxygen atoms in total. The molecule has 124 valence electrons. The van der Waals surface area contributed by atoms with Crippen LogP contribution in [0, 0.1) is 11.8 Å². The van der Waals surface area contributed by atoms with Gasteiger partial charge in [-0.25, -0.2) is 8.78 Å². The van der Waals surface area contributed by atoms with Crippen LogP contribution in [-0.2, 0) is 4.79 Å². The molecule has 2 aliphatic heterocycles. The number of carbonyl (C=O) groups excluding carboxylic acids is 1. The van der Waals surface area contributed by atoms with Crippen LogP contribution in [0.4, 0.5) is 8.78 Å². The second-order valence-electron chi connectivity index (χ2n) is 7.92. The number of alkyl halides is 2. The summed E-state index contributed by atoms with van der Waals surface area (Å²) in [6.45, 7) is 2.79. The fourth-order valence-corrected chi connectivity index (χ4v) is 4.65. The lowest BCUT2D eigenvalue weighted by Gasteiger charge is -2.50. The standard InChI is InChI=1S/C17H26F2N2O/c18-17(19)6-3-14(4-7-17)21-8-5-13-9-15(21)16(22)20(11-13)10-12-1-2-12/h12-15H,1-11H2/t13-,15+/m0/s1. The normalized spacial score (nSPS) is 36.6. The molecule has 4 fully saturated rings. The monoisotopic (exact) mass is 312 g/mol. The van der Waals surface area contributed by atoms with Gasteiger partial charge in [-0.3, -0.25) is 9.69 Å². The zero-order valence-corrected chi connectivity index (χ0v) is 13.1. The van der Waals surface area contributed by atoms with Crippen LogP contribution >= 0.6 is 0 Å². The van der Waals surface area contributed by atoms with Crippen LogP contribution in [0.1, 0.15) is 51.4 Å². The van der Waals surface area contributed by atoms with Crippen molar-refractivity contribution in [2.45, 2.75) is 69.4 Å². The second kappa shape index (κ2) is 5.43. The lowest BCUT2D eigenvalue weighted by Crippen LogP contribution is -2.61. The molecule has 0 N–H and O–H groups in total. The van der Waals surface area contributed by atoms with Crippen molar-refractivity contribution in [3.63, 3.8) is 0 Å². The molecule has 0 radical (unpaired) electrons. The largest absolute Gasteiger partial charge is 0.341 e. The maximum Gasteiger partial charge on any atom is 0.248 e. The van der Waals surface area contributed by atoms with Crippen molar-refractivity contribution in [1.82, 2.24) is 9.80 Å². The molecule has 5 heteroatoms. The number of nitrogens with zero attached hydrogens (tertiary/aromatic N) is 2. The Hall–Kier alpha value is -0.710. The first kappa shape index (κ1) is 14.9. The van der Waals surface area contributed by atoms with Gasteiger partial charge in [0.25, 0.3) is 0 Å². The molecule has 4 rings (SSSR count). The number of hydrogen-bond donors (Lipinski definition) is 0. The van der Waals surface area contributed by atoms with Crippen LogP contribution in [0.25, 0.3) is 0 Å². The molecule has 1 amide bonds. The van der Waals surface area contributed by atoms with Crippen molar-refractivity contribution in [2.75, 3.05) is 19.6 Å². The average Bonchev–Trinajstić information content (AvgIpc) is 3.29. The fourth-order valence-electron chi connectivity index (χ4n) is 4.65. The zero-order valence-electron chi connectivity index (χ0n) is 13.1. The Morgan fingerprint density at radius 2 is 1.82 bits per heavy atom. The molecule has 0 unspecified atom stereocenters. The number of halogens is 2. The molecule has 4 aliphatic rings. The summed E-state index contributed by atoms with van der Waals surface area (Å²) in [6.07, 6.45) is 5.68. The van der Waals surface area contributed by atoms with Crippen LogP contribution in [0.5, 0.6) is 0 Å². The van der Waals surface area contributed by atoms with Gasteiger partial charge in [-0.15, -0.1) is 0 Å². The molecular weight excluding hydrogens is 286 g/mol. The highest BCUT2D eigenvalue weighted by Crippen LogP contribution is 2.40. The van der Waals surface area contributed by atoms with E-state index in [0.717, 1.165) is 38.4 Å². The predicted octanol–water partition coefficient (Wildman–Crippen LogP) is 2.90. The van der Waals surface area contributed by atoms with Crippen LogP contribution in [0.2, 0.25) is 0 Å². The van der Waals surface area contributed by atoms with Gasteiger partial charge in [0.05, 0.1) is 6.04 Å². The Kier molecular flexibility index (Phi) is 3.67. The van der Waals surface area contributed by atoms with Gasteiger partial charge in [-0.1, -0.05) is 0 Å². The smallest absolute Gasteiger partial charge is 0.248 e. The third-order valence-corrected chi connectivity index (χ3v) is 6.16. The van der Waals surface area contributed by atoms with Gasteiger partial charge in [0.15, 0.2) is 0 Å². The number of rotatable bonds is 3. The van der Waals surface area contributed by atoms with Crippen molar-refractivity contribution < 1.29 is 13.6 Å². The van der Waals surface area contributed by atoms with Crippen LogP contribution < -0.4 is 0 Å². The van der Waals surface area contributed by atoms with Crippen LogP contribution in [-0.4, -0.2) is 53.3 Å². The fraction of sp³-hybridized carbons (Fsp3) is 0.941. The topological polar surface area (TPSA) is 23.6 Å². The third-order valence-electron chi connectivity index (χ3n) is 6.16. The molecule has 2 atom stereocenters. The van der Waals surface area contributed by atoms with Gasteiger partial charge in [-0.05, 0) is 56.9 Å². The molecule has 2 saturated carbocycles. The second-order valence-corrected chi connectivity index (χ2v) is 7.92. The predicted molar refractivity (Wildman–Crippen MR) is 79.7 cm³/mol. The Bertz CT molecular complexity index is 442. The van der Waals surface area contributed by atoms with Crippen molar-refractivity contribution in [2.24, 2.45) is 11.8 Å². The van der Waals surface area contributed by atoms with Crippen LogP contribution in [0.15, 0.2) is 0 Å². The molecule has 0 aromatic carbocycles. The summed E-state index contributed by atoms with van der Waals surface area (Å²) in [7, 11) is 0. The van der Waals surface area contributed by atoms with Gasteiger partial charge in [-0.2, -0.15) is 0 Å². The first-order valence-corrected chi connectivity index (χ1v) is 8.94. The molecule has 0 aromatic rings. The number of piperidine rings is 2. The lowest BCUT2D eigenvalue weighted by atomic mass is 9.82. The quantitative estimate of drug-likeness (QED) is 0.800. The minimum Gasteiger partial charge on any atom is -0.341 e.